The maximum atomic E-state index is 13.5. The Morgan fingerprint density at radius 2 is 1.63 bits per heavy atom. The number of hydrogen-bond donors (Lipinski definition) is 0. The van der Waals surface area contributed by atoms with Crippen LogP contribution < -0.4 is 4.74 Å². The number of hydrogen-bond acceptors (Lipinski definition) is 4. The minimum atomic E-state index is -2.84. The molecule has 2 aromatic carbocycles. The summed E-state index contributed by atoms with van der Waals surface area (Å²) in [4.78, 5) is 33.0. The first-order valence-corrected chi connectivity index (χ1v) is 14.8. The van der Waals surface area contributed by atoms with Gasteiger partial charge >= 0.3 is 6.61 Å². The quantitative estimate of drug-likeness (QED) is 0.385. The first kappa shape index (κ1) is 29.8. The fraction of sp³-hybridized carbons (Fsp3) is 0.562. The van der Waals surface area contributed by atoms with Gasteiger partial charge in [0.1, 0.15) is 5.75 Å². The SMILES string of the molecule is Cl.O=C(CC1CC1)N1CC(c2ccccc2)[C@@H](CN2CCC3(CC2)CCN(Cc2ccc(OC(F)F)cc2)C3=O)C1. The number of alkyl halides is 2. The van der Waals surface area contributed by atoms with Gasteiger partial charge in [0.15, 0.2) is 0 Å². The highest BCUT2D eigenvalue weighted by Gasteiger charge is 2.48. The highest BCUT2D eigenvalue weighted by Crippen LogP contribution is 2.43. The molecule has 1 saturated carbocycles. The summed E-state index contributed by atoms with van der Waals surface area (Å²) >= 11 is 0. The van der Waals surface area contributed by atoms with Crippen molar-refractivity contribution in [1.82, 2.24) is 14.7 Å². The molecule has 1 unspecified atom stereocenters. The number of halogens is 3. The predicted octanol–water partition coefficient (Wildman–Crippen LogP) is 5.57. The molecule has 4 aliphatic rings. The van der Waals surface area contributed by atoms with E-state index in [0.717, 1.165) is 64.1 Å². The summed E-state index contributed by atoms with van der Waals surface area (Å²) in [5, 5.41) is 0. The molecule has 3 saturated heterocycles. The largest absolute Gasteiger partial charge is 0.435 e. The van der Waals surface area contributed by atoms with E-state index in [4.69, 9.17) is 0 Å². The van der Waals surface area contributed by atoms with E-state index in [1.54, 1.807) is 12.1 Å². The molecular weight excluding hydrogens is 548 g/mol. The van der Waals surface area contributed by atoms with Crippen LogP contribution in [0.25, 0.3) is 0 Å². The van der Waals surface area contributed by atoms with Gasteiger partial charge in [-0.25, -0.2) is 0 Å². The second-order valence-electron chi connectivity index (χ2n) is 12.3. The Morgan fingerprint density at radius 3 is 2.29 bits per heavy atom. The van der Waals surface area contributed by atoms with Crippen molar-refractivity contribution in [2.75, 3.05) is 39.3 Å². The lowest BCUT2D eigenvalue weighted by molar-refractivity contribution is -0.139. The maximum absolute atomic E-state index is 13.5. The van der Waals surface area contributed by atoms with Crippen LogP contribution in [0.5, 0.6) is 5.75 Å². The monoisotopic (exact) mass is 587 g/mol. The minimum absolute atomic E-state index is 0. The minimum Gasteiger partial charge on any atom is -0.435 e. The summed E-state index contributed by atoms with van der Waals surface area (Å²) in [6, 6.07) is 17.2. The van der Waals surface area contributed by atoms with E-state index in [1.807, 2.05) is 11.0 Å². The Kier molecular flexibility index (Phi) is 9.19. The predicted molar refractivity (Wildman–Crippen MR) is 155 cm³/mol. The Hall–Kier alpha value is -2.71. The van der Waals surface area contributed by atoms with Crippen LogP contribution in [0.1, 0.15) is 55.6 Å². The Labute approximate surface area is 247 Å². The normalized spacial score (nSPS) is 24.2. The molecular formula is C32H40ClF2N3O3. The van der Waals surface area contributed by atoms with Crippen LogP contribution in [0.15, 0.2) is 54.6 Å². The van der Waals surface area contributed by atoms with Gasteiger partial charge < -0.3 is 19.4 Å². The van der Waals surface area contributed by atoms with Crippen LogP contribution in [0, 0.1) is 17.3 Å². The van der Waals surface area contributed by atoms with Crippen LogP contribution in [-0.2, 0) is 16.1 Å². The van der Waals surface area contributed by atoms with Crippen LogP contribution in [-0.4, -0.2) is 72.4 Å². The van der Waals surface area contributed by atoms with Crippen molar-refractivity contribution in [1.29, 1.82) is 0 Å². The van der Waals surface area contributed by atoms with E-state index in [1.165, 1.54) is 30.5 Å². The van der Waals surface area contributed by atoms with Gasteiger partial charge in [0, 0.05) is 45.1 Å². The molecule has 6 nitrogen and oxygen atoms in total. The average Bonchev–Trinajstić information content (AvgIpc) is 3.60. The molecule has 3 heterocycles. The lowest BCUT2D eigenvalue weighted by Gasteiger charge is -2.39. The summed E-state index contributed by atoms with van der Waals surface area (Å²) in [6.07, 6.45) is 5.67. The van der Waals surface area contributed by atoms with Gasteiger partial charge in [-0.05, 0) is 80.3 Å². The second kappa shape index (κ2) is 12.7. The third-order valence-electron chi connectivity index (χ3n) is 9.61. The summed E-state index contributed by atoms with van der Waals surface area (Å²) in [6.45, 7) is 2.74. The van der Waals surface area contributed by atoms with Crippen molar-refractivity contribution < 1.29 is 23.1 Å². The number of nitrogens with zero attached hydrogens (tertiary/aromatic N) is 3. The molecule has 41 heavy (non-hydrogen) atoms. The third-order valence-corrected chi connectivity index (χ3v) is 9.61. The van der Waals surface area contributed by atoms with Crippen molar-refractivity contribution >= 4 is 24.2 Å². The summed E-state index contributed by atoms with van der Waals surface area (Å²) in [7, 11) is 0. The first-order chi connectivity index (χ1) is 19.4. The zero-order valence-electron chi connectivity index (χ0n) is 23.4. The highest BCUT2D eigenvalue weighted by molar-refractivity contribution is 5.85. The molecule has 2 amide bonds. The van der Waals surface area contributed by atoms with E-state index in [0.29, 0.717) is 36.6 Å². The molecule has 0 aromatic heterocycles. The molecule has 4 fully saturated rings. The van der Waals surface area contributed by atoms with Crippen LogP contribution in [0.2, 0.25) is 0 Å². The van der Waals surface area contributed by atoms with Gasteiger partial charge in [0.05, 0.1) is 5.41 Å². The van der Waals surface area contributed by atoms with Gasteiger partial charge in [0.25, 0.3) is 0 Å². The lowest BCUT2D eigenvalue weighted by Crippen LogP contribution is -2.46. The molecule has 222 valence electrons. The summed E-state index contributed by atoms with van der Waals surface area (Å²) in [5.74, 6) is 2.01. The molecule has 2 atom stereocenters. The van der Waals surface area contributed by atoms with Crippen LogP contribution >= 0.6 is 12.4 Å². The number of benzene rings is 2. The Balaban J connectivity index is 0.00000337. The van der Waals surface area contributed by atoms with Gasteiger partial charge in [-0.15, -0.1) is 12.4 Å². The standard InChI is InChI=1S/C32H39F2N3O3.ClH/c33-31(34)40-27-10-8-24(9-11-27)19-36-17-14-32(30(36)39)12-15-35(16-13-32)20-26-21-37(29(38)18-23-6-7-23)22-28(26)25-4-2-1-3-5-25;/h1-5,8-11,23,26,28,31H,6-7,12-22H2;1H/t26-,28?;/m0./s1. The first-order valence-electron chi connectivity index (χ1n) is 14.8. The molecule has 0 radical (unpaired) electrons. The fourth-order valence-corrected chi connectivity index (χ4v) is 7.04. The zero-order chi connectivity index (χ0) is 27.7. The number of carbonyl (C=O) groups is 2. The molecule has 6 rings (SSSR count). The van der Waals surface area contributed by atoms with Crippen molar-refractivity contribution in [3.05, 3.63) is 65.7 Å². The number of carbonyl (C=O) groups excluding carboxylic acids is 2. The molecule has 9 heteroatoms. The van der Waals surface area contributed by atoms with E-state index in [2.05, 4.69) is 38.8 Å². The van der Waals surface area contributed by atoms with Crippen molar-refractivity contribution in [3.8, 4) is 5.75 Å². The number of piperidine rings is 1. The lowest BCUT2D eigenvalue weighted by atomic mass is 9.76. The zero-order valence-corrected chi connectivity index (χ0v) is 24.2. The highest BCUT2D eigenvalue weighted by atomic mass is 35.5. The van der Waals surface area contributed by atoms with Gasteiger partial charge in [-0.3, -0.25) is 9.59 Å². The smallest absolute Gasteiger partial charge is 0.387 e. The van der Waals surface area contributed by atoms with Crippen LogP contribution in [0.4, 0.5) is 8.78 Å². The number of amides is 2. The third kappa shape index (κ3) is 6.86. The molecule has 2 aromatic rings. The van der Waals surface area contributed by atoms with Gasteiger partial charge in [0.2, 0.25) is 11.8 Å². The van der Waals surface area contributed by atoms with E-state index >= 15 is 0 Å². The maximum Gasteiger partial charge on any atom is 0.387 e. The number of ether oxygens (including phenoxy) is 1. The van der Waals surface area contributed by atoms with Gasteiger partial charge in [-0.1, -0.05) is 42.5 Å². The van der Waals surface area contributed by atoms with E-state index in [-0.39, 0.29) is 29.5 Å². The van der Waals surface area contributed by atoms with Crippen molar-refractivity contribution in [2.24, 2.45) is 17.3 Å². The van der Waals surface area contributed by atoms with E-state index < -0.39 is 6.61 Å². The summed E-state index contributed by atoms with van der Waals surface area (Å²) in [5.41, 5.74) is 1.94. The topological polar surface area (TPSA) is 53.1 Å². The fourth-order valence-electron chi connectivity index (χ4n) is 7.04. The van der Waals surface area contributed by atoms with Crippen molar-refractivity contribution in [2.45, 2.75) is 57.6 Å². The molecule has 3 aliphatic heterocycles. The van der Waals surface area contributed by atoms with Crippen LogP contribution in [0.3, 0.4) is 0 Å². The average molecular weight is 588 g/mol. The van der Waals surface area contributed by atoms with Crippen molar-refractivity contribution in [3.63, 3.8) is 0 Å². The molecule has 1 spiro atoms. The Morgan fingerprint density at radius 1 is 0.951 bits per heavy atom. The van der Waals surface area contributed by atoms with Gasteiger partial charge in [-0.2, -0.15) is 8.78 Å². The number of rotatable bonds is 9. The number of likely N-dealkylation sites (tertiary alicyclic amines) is 3. The molecule has 0 N–H and O–H groups in total. The summed E-state index contributed by atoms with van der Waals surface area (Å²) < 4.78 is 29.3. The Bertz CT molecular complexity index is 1190. The molecule has 0 bridgehead atoms. The van der Waals surface area contributed by atoms with E-state index in [9.17, 15) is 18.4 Å². The second-order valence-corrected chi connectivity index (χ2v) is 12.3. The molecule has 1 aliphatic carbocycles.